The van der Waals surface area contributed by atoms with Gasteiger partial charge >= 0.3 is 188 Å². The Morgan fingerprint density at radius 3 is 1.11 bits per heavy atom. The van der Waals surface area contributed by atoms with Crippen LogP contribution in [0.3, 0.4) is 0 Å². The van der Waals surface area contributed by atoms with Crippen molar-refractivity contribution in [2.45, 2.75) is 148 Å². The van der Waals surface area contributed by atoms with E-state index in [-0.39, 0.29) is 0 Å². The first-order valence-corrected chi connectivity index (χ1v) is 26.6. The van der Waals surface area contributed by atoms with E-state index in [4.69, 9.17) is 0 Å². The second kappa shape index (κ2) is 18.8. The molecule has 0 aliphatic rings. The van der Waals surface area contributed by atoms with Crippen molar-refractivity contribution in [3.05, 3.63) is 9.00 Å². The fourth-order valence-corrected chi connectivity index (χ4v) is 38.7. The van der Waals surface area contributed by atoms with Crippen molar-refractivity contribution in [3.8, 4) is 0 Å². The van der Waals surface area contributed by atoms with Gasteiger partial charge in [-0.2, -0.15) is 0 Å². The van der Waals surface area contributed by atoms with E-state index in [0.29, 0.717) is 0 Å². The van der Waals surface area contributed by atoms with Crippen LogP contribution in [0.5, 0.6) is 0 Å². The minimum absolute atomic E-state index is 1.40. The number of unbranched alkanes of at least 4 members (excludes halogenated alkanes) is 6. The van der Waals surface area contributed by atoms with Crippen LogP contribution in [0.4, 0.5) is 0 Å². The van der Waals surface area contributed by atoms with E-state index in [1.54, 1.807) is 29.1 Å². The molecular formula is C26H56GeSn. The Hall–Kier alpha value is 1.08. The van der Waals surface area contributed by atoms with E-state index in [0.717, 1.165) is 0 Å². The van der Waals surface area contributed by atoms with Gasteiger partial charge in [0.1, 0.15) is 0 Å². The van der Waals surface area contributed by atoms with Crippen molar-refractivity contribution in [2.75, 3.05) is 0 Å². The molecule has 0 aromatic carbocycles. The summed E-state index contributed by atoms with van der Waals surface area (Å²) in [6.07, 6.45) is 17.4. The molecule has 0 fully saturated rings. The Morgan fingerprint density at radius 2 is 0.821 bits per heavy atom. The quantitative estimate of drug-likeness (QED) is 0.130. The molecule has 0 bridgehead atoms. The van der Waals surface area contributed by atoms with Gasteiger partial charge < -0.3 is 0 Å². The molecule has 0 aromatic heterocycles. The molecule has 0 rings (SSSR count). The van der Waals surface area contributed by atoms with E-state index in [9.17, 15) is 0 Å². The van der Waals surface area contributed by atoms with Gasteiger partial charge in [-0.25, -0.2) is 0 Å². The molecule has 0 spiro atoms. The van der Waals surface area contributed by atoms with Crippen LogP contribution in [-0.4, -0.2) is 31.6 Å². The normalized spacial score (nSPS) is 12.9. The van der Waals surface area contributed by atoms with E-state index >= 15 is 0 Å². The van der Waals surface area contributed by atoms with Gasteiger partial charge in [-0.3, -0.25) is 0 Å². The van der Waals surface area contributed by atoms with Crippen LogP contribution in [0, 0.1) is 0 Å². The summed E-state index contributed by atoms with van der Waals surface area (Å²) in [4.78, 5) is 3.07. The summed E-state index contributed by atoms with van der Waals surface area (Å²) in [5, 5.41) is 4.89. The molecule has 0 atom stereocenters. The molecule has 0 aliphatic carbocycles. The van der Waals surface area contributed by atoms with Gasteiger partial charge in [-0.1, -0.05) is 0 Å². The molecule has 0 N–H and O–H groups in total. The van der Waals surface area contributed by atoms with E-state index in [2.05, 4.69) is 50.5 Å². The average Bonchev–Trinajstić information content (AvgIpc) is 2.73. The van der Waals surface area contributed by atoms with Gasteiger partial charge in [0, 0.05) is 0 Å². The predicted molar refractivity (Wildman–Crippen MR) is 139 cm³/mol. The number of hydrogen-bond donors (Lipinski definition) is 0. The van der Waals surface area contributed by atoms with Crippen LogP contribution in [0.15, 0.2) is 9.00 Å². The molecule has 0 unspecified atom stereocenters. The topological polar surface area (TPSA) is 0 Å². The molecule has 168 valence electrons. The van der Waals surface area contributed by atoms with Crippen LogP contribution in [-0.2, 0) is 0 Å². The first kappa shape index (κ1) is 29.1. The van der Waals surface area contributed by atoms with Gasteiger partial charge in [0.2, 0.25) is 0 Å². The summed E-state index contributed by atoms with van der Waals surface area (Å²) in [6.45, 7) is 14.4. The van der Waals surface area contributed by atoms with Crippen molar-refractivity contribution in [3.63, 3.8) is 0 Å². The molecule has 0 nitrogen and oxygen atoms in total. The summed E-state index contributed by atoms with van der Waals surface area (Å²) in [5.41, 5.74) is 0. The Kier molecular flexibility index (Phi) is 19.5. The van der Waals surface area contributed by atoms with E-state index < -0.39 is 31.6 Å². The molecule has 0 aromatic rings. The monoisotopic (exact) mass is 562 g/mol. The van der Waals surface area contributed by atoms with Gasteiger partial charge in [0.25, 0.3) is 0 Å². The zero-order chi connectivity index (χ0) is 21.1. The van der Waals surface area contributed by atoms with E-state index in [1.165, 1.54) is 77.0 Å². The van der Waals surface area contributed by atoms with Crippen LogP contribution in [0.1, 0.15) is 119 Å². The molecule has 2 heteroatoms. The molecular weight excluding hydrogens is 504 g/mol. The van der Waals surface area contributed by atoms with Crippen LogP contribution >= 0.6 is 0 Å². The zero-order valence-corrected chi connectivity index (χ0v) is 25.8. The third-order valence-electron chi connectivity index (χ3n) is 6.96. The first-order chi connectivity index (χ1) is 13.6. The SMILES string of the molecule is CCC[CH2][Ge]([CH]=[CH][Sn]([CH2]CCC)([CH2]CCC)[CH2]CCC)([CH2]CCC)[CH2]CCC. The summed E-state index contributed by atoms with van der Waals surface area (Å²) in [5.74, 6) is 0. The van der Waals surface area contributed by atoms with Crippen LogP contribution < -0.4 is 0 Å². The van der Waals surface area contributed by atoms with Crippen molar-refractivity contribution in [1.82, 2.24) is 0 Å². The fraction of sp³-hybridized carbons (Fsp3) is 0.923. The summed E-state index contributed by atoms with van der Waals surface area (Å²) < 4.78 is 8.02. The van der Waals surface area contributed by atoms with Crippen molar-refractivity contribution >= 4 is 31.6 Å². The summed E-state index contributed by atoms with van der Waals surface area (Å²) >= 11 is -3.93. The Labute approximate surface area is 187 Å². The van der Waals surface area contributed by atoms with Crippen molar-refractivity contribution < 1.29 is 0 Å². The molecule has 28 heavy (non-hydrogen) atoms. The molecule has 0 heterocycles. The molecule has 0 saturated carbocycles. The molecule has 0 radical (unpaired) electrons. The van der Waals surface area contributed by atoms with Gasteiger partial charge in [0.05, 0.1) is 0 Å². The minimum atomic E-state index is -2.11. The maximum atomic E-state index is 3.08. The number of rotatable bonds is 20. The molecule has 0 aliphatic heterocycles. The predicted octanol–water partition coefficient (Wildman–Crippen LogP) is 10.3. The molecule has 0 saturated heterocycles. The summed E-state index contributed by atoms with van der Waals surface area (Å²) in [7, 11) is 0. The maximum absolute atomic E-state index is 3.08. The second-order valence-corrected chi connectivity index (χ2v) is 32.3. The first-order valence-electron chi connectivity index (χ1n) is 13.3. The second-order valence-electron chi connectivity index (χ2n) is 9.68. The average molecular weight is 560 g/mol. The molecule has 0 amide bonds. The third kappa shape index (κ3) is 12.7. The van der Waals surface area contributed by atoms with Gasteiger partial charge in [-0.05, 0) is 0 Å². The van der Waals surface area contributed by atoms with Crippen LogP contribution in [0.2, 0.25) is 29.1 Å². The van der Waals surface area contributed by atoms with Crippen molar-refractivity contribution in [2.24, 2.45) is 0 Å². The zero-order valence-electron chi connectivity index (χ0n) is 20.9. The van der Waals surface area contributed by atoms with Crippen LogP contribution in [0.25, 0.3) is 0 Å². The Bertz CT molecular complexity index is 286. The van der Waals surface area contributed by atoms with Gasteiger partial charge in [0.15, 0.2) is 0 Å². The Balaban J connectivity index is 5.73. The van der Waals surface area contributed by atoms with E-state index in [1.807, 2.05) is 0 Å². The van der Waals surface area contributed by atoms with Crippen molar-refractivity contribution in [1.29, 1.82) is 0 Å². The summed E-state index contributed by atoms with van der Waals surface area (Å²) in [6, 6.07) is 0. The Morgan fingerprint density at radius 1 is 0.500 bits per heavy atom. The standard InChI is InChI=1S/C14H29Ge.3C4H9.Sn/c1-5-9-12-15(8-4,13-10-6-2)14-11-7-3;3*1-3-4-2;/h4,8H,5-7,9-14H2,1-3H3;3*1,3-4H2,2H3;. The third-order valence-corrected chi connectivity index (χ3v) is 33.3. The van der Waals surface area contributed by atoms with Gasteiger partial charge in [-0.15, -0.1) is 0 Å². The number of hydrogen-bond acceptors (Lipinski definition) is 0. The fourth-order valence-electron chi connectivity index (χ4n) is 4.78.